The van der Waals surface area contributed by atoms with Crippen LogP contribution in [0, 0.1) is 13.8 Å². The summed E-state index contributed by atoms with van der Waals surface area (Å²) in [4.78, 5) is 8.48. The molecule has 0 bridgehead atoms. The Morgan fingerprint density at radius 3 is 2.50 bits per heavy atom. The smallest absolute Gasteiger partial charge is 0.222 e. The Bertz CT molecular complexity index is 505. The van der Waals surface area contributed by atoms with Gasteiger partial charge >= 0.3 is 0 Å². The van der Waals surface area contributed by atoms with Crippen LogP contribution < -0.4 is 5.32 Å². The van der Waals surface area contributed by atoms with Crippen molar-refractivity contribution in [1.29, 1.82) is 0 Å². The number of nitrogens with one attached hydrogen (secondary N) is 1. The van der Waals surface area contributed by atoms with Crippen LogP contribution in [0.5, 0.6) is 0 Å². The molecule has 0 aliphatic heterocycles. The maximum Gasteiger partial charge on any atom is 0.222 e. The predicted molar refractivity (Wildman–Crippen MR) is 74.9 cm³/mol. The van der Waals surface area contributed by atoms with Crippen molar-refractivity contribution in [3.8, 4) is 0 Å². The fourth-order valence-electron chi connectivity index (χ4n) is 1.82. The highest BCUT2D eigenvalue weighted by molar-refractivity contribution is 5.29. The number of aryl methyl sites for hydroxylation is 2. The average molecular weight is 241 g/mol. The van der Waals surface area contributed by atoms with Gasteiger partial charge in [0.2, 0.25) is 5.95 Å². The van der Waals surface area contributed by atoms with Crippen LogP contribution in [0.15, 0.2) is 36.7 Å². The largest absolute Gasteiger partial charge is 0.354 e. The van der Waals surface area contributed by atoms with Gasteiger partial charge in [-0.2, -0.15) is 0 Å². The van der Waals surface area contributed by atoms with E-state index in [1.807, 2.05) is 19.3 Å². The van der Waals surface area contributed by atoms with Gasteiger partial charge in [0.25, 0.3) is 0 Å². The summed E-state index contributed by atoms with van der Waals surface area (Å²) >= 11 is 0. The molecular formula is C15H19N3. The van der Waals surface area contributed by atoms with Crippen LogP contribution in [-0.4, -0.2) is 16.5 Å². The molecule has 0 saturated carbocycles. The lowest BCUT2D eigenvalue weighted by Crippen LogP contribution is -2.12. The first-order chi connectivity index (χ1) is 8.65. The molecule has 3 nitrogen and oxygen atoms in total. The Labute approximate surface area is 108 Å². The van der Waals surface area contributed by atoms with E-state index < -0.39 is 0 Å². The first kappa shape index (κ1) is 12.6. The second kappa shape index (κ2) is 5.63. The molecule has 18 heavy (non-hydrogen) atoms. The molecule has 0 amide bonds. The zero-order chi connectivity index (χ0) is 13.0. The van der Waals surface area contributed by atoms with Crippen LogP contribution in [0.4, 0.5) is 5.95 Å². The van der Waals surface area contributed by atoms with Gasteiger partial charge in [-0.05, 0) is 30.9 Å². The molecule has 1 aromatic carbocycles. The van der Waals surface area contributed by atoms with Crippen LogP contribution in [0.2, 0.25) is 0 Å². The molecule has 0 aliphatic carbocycles. The molecule has 0 aliphatic rings. The summed E-state index contributed by atoms with van der Waals surface area (Å²) in [6.07, 6.45) is 3.65. The van der Waals surface area contributed by atoms with Crippen molar-refractivity contribution in [3.05, 3.63) is 53.3 Å². The van der Waals surface area contributed by atoms with Crippen molar-refractivity contribution in [3.63, 3.8) is 0 Å². The van der Waals surface area contributed by atoms with Crippen LogP contribution in [0.25, 0.3) is 0 Å². The third-order valence-corrected chi connectivity index (χ3v) is 2.96. The van der Waals surface area contributed by atoms with E-state index in [0.717, 1.165) is 12.1 Å². The van der Waals surface area contributed by atoms with E-state index in [9.17, 15) is 0 Å². The fourth-order valence-corrected chi connectivity index (χ4v) is 1.82. The van der Waals surface area contributed by atoms with Crippen molar-refractivity contribution >= 4 is 5.95 Å². The quantitative estimate of drug-likeness (QED) is 0.892. The molecule has 94 valence electrons. The zero-order valence-electron chi connectivity index (χ0n) is 11.1. The minimum absolute atomic E-state index is 0.440. The molecule has 0 radical (unpaired) electrons. The molecule has 0 spiro atoms. The van der Waals surface area contributed by atoms with Gasteiger partial charge in [-0.1, -0.05) is 36.8 Å². The predicted octanol–water partition coefficient (Wildman–Crippen LogP) is 3.31. The maximum atomic E-state index is 4.24. The highest BCUT2D eigenvalue weighted by atomic mass is 15.1. The minimum Gasteiger partial charge on any atom is -0.354 e. The monoisotopic (exact) mass is 241 g/mol. The summed E-state index contributed by atoms with van der Waals surface area (Å²) in [5.74, 6) is 1.13. The van der Waals surface area contributed by atoms with Crippen molar-refractivity contribution in [2.45, 2.75) is 26.7 Å². The summed E-state index contributed by atoms with van der Waals surface area (Å²) in [6.45, 7) is 7.15. The second-order valence-corrected chi connectivity index (χ2v) is 4.78. The number of nitrogens with zero attached hydrogens (tertiary/aromatic N) is 2. The third kappa shape index (κ3) is 3.29. The van der Waals surface area contributed by atoms with Gasteiger partial charge in [0.1, 0.15) is 0 Å². The molecular weight excluding hydrogens is 222 g/mol. The molecule has 1 unspecified atom stereocenters. The number of hydrogen-bond acceptors (Lipinski definition) is 3. The Morgan fingerprint density at radius 1 is 1.11 bits per heavy atom. The molecule has 0 saturated heterocycles. The lowest BCUT2D eigenvalue weighted by Gasteiger charge is -2.13. The van der Waals surface area contributed by atoms with E-state index in [2.05, 4.69) is 53.4 Å². The zero-order valence-corrected chi connectivity index (χ0v) is 11.1. The molecule has 1 heterocycles. The lowest BCUT2D eigenvalue weighted by atomic mass is 9.99. The second-order valence-electron chi connectivity index (χ2n) is 4.78. The minimum atomic E-state index is 0.440. The van der Waals surface area contributed by atoms with Gasteiger partial charge in [-0.15, -0.1) is 0 Å². The van der Waals surface area contributed by atoms with Crippen molar-refractivity contribution in [1.82, 2.24) is 9.97 Å². The van der Waals surface area contributed by atoms with E-state index in [-0.39, 0.29) is 0 Å². The SMILES string of the molecule is Cc1cnc(NCC(C)c2cccc(C)c2)nc1. The summed E-state index contributed by atoms with van der Waals surface area (Å²) in [6, 6.07) is 8.61. The van der Waals surface area contributed by atoms with Crippen LogP contribution in [-0.2, 0) is 0 Å². The van der Waals surface area contributed by atoms with Crippen molar-refractivity contribution in [2.24, 2.45) is 0 Å². The molecule has 1 atom stereocenters. The number of aromatic nitrogens is 2. The fraction of sp³-hybridized carbons (Fsp3) is 0.333. The topological polar surface area (TPSA) is 37.8 Å². The van der Waals surface area contributed by atoms with Crippen LogP contribution in [0.1, 0.15) is 29.5 Å². The van der Waals surface area contributed by atoms with E-state index in [1.165, 1.54) is 11.1 Å². The third-order valence-electron chi connectivity index (χ3n) is 2.96. The van der Waals surface area contributed by atoms with Gasteiger partial charge in [0.05, 0.1) is 0 Å². The summed E-state index contributed by atoms with van der Waals surface area (Å²) in [7, 11) is 0. The van der Waals surface area contributed by atoms with E-state index >= 15 is 0 Å². The number of benzene rings is 1. The van der Waals surface area contributed by atoms with E-state index in [4.69, 9.17) is 0 Å². The Balaban J connectivity index is 1.96. The summed E-state index contributed by atoms with van der Waals surface area (Å²) in [5, 5.41) is 3.27. The first-order valence-corrected chi connectivity index (χ1v) is 6.24. The molecule has 2 rings (SSSR count). The average Bonchev–Trinajstić information content (AvgIpc) is 2.38. The highest BCUT2D eigenvalue weighted by Crippen LogP contribution is 2.16. The molecule has 3 heteroatoms. The number of hydrogen-bond donors (Lipinski definition) is 1. The van der Waals surface area contributed by atoms with Gasteiger partial charge in [-0.25, -0.2) is 9.97 Å². The van der Waals surface area contributed by atoms with Crippen LogP contribution in [0.3, 0.4) is 0 Å². The Hall–Kier alpha value is -1.90. The van der Waals surface area contributed by atoms with Crippen molar-refractivity contribution < 1.29 is 0 Å². The van der Waals surface area contributed by atoms with Gasteiger partial charge < -0.3 is 5.32 Å². The summed E-state index contributed by atoms with van der Waals surface area (Å²) in [5.41, 5.74) is 3.72. The van der Waals surface area contributed by atoms with Gasteiger partial charge in [0.15, 0.2) is 0 Å². The first-order valence-electron chi connectivity index (χ1n) is 6.24. The number of rotatable bonds is 4. The lowest BCUT2D eigenvalue weighted by molar-refractivity contribution is 0.795. The van der Waals surface area contributed by atoms with E-state index in [0.29, 0.717) is 11.9 Å². The Kier molecular flexibility index (Phi) is 3.92. The standard InChI is InChI=1S/C15H19N3/c1-11-5-4-6-14(7-11)13(3)10-18-15-16-8-12(2)9-17-15/h4-9,13H,10H2,1-3H3,(H,16,17,18). The Morgan fingerprint density at radius 2 is 1.83 bits per heavy atom. The maximum absolute atomic E-state index is 4.24. The van der Waals surface area contributed by atoms with Gasteiger partial charge in [-0.3, -0.25) is 0 Å². The highest BCUT2D eigenvalue weighted by Gasteiger charge is 2.06. The summed E-state index contributed by atoms with van der Waals surface area (Å²) < 4.78 is 0. The van der Waals surface area contributed by atoms with Crippen LogP contribution >= 0.6 is 0 Å². The normalized spacial score (nSPS) is 12.2. The molecule has 2 aromatic rings. The molecule has 0 fully saturated rings. The molecule has 1 aromatic heterocycles. The number of anilines is 1. The van der Waals surface area contributed by atoms with Crippen molar-refractivity contribution in [2.75, 3.05) is 11.9 Å². The molecule has 1 N–H and O–H groups in total. The van der Waals surface area contributed by atoms with Gasteiger partial charge in [0, 0.05) is 18.9 Å². The van der Waals surface area contributed by atoms with E-state index in [1.54, 1.807) is 0 Å².